The average Bonchev–Trinajstić information content (AvgIpc) is 2.82. The van der Waals surface area contributed by atoms with Crippen LogP contribution in [-0.2, 0) is 13.0 Å². The zero-order valence-electron chi connectivity index (χ0n) is 13.5. The van der Waals surface area contributed by atoms with Gasteiger partial charge in [-0.1, -0.05) is 18.2 Å². The smallest absolute Gasteiger partial charge is 0.0419 e. The minimum absolute atomic E-state index is 0. The maximum atomic E-state index is 3.55. The molecule has 21 heavy (non-hydrogen) atoms. The molecule has 0 atom stereocenters. The lowest BCUT2D eigenvalue weighted by Crippen LogP contribution is -2.56. The van der Waals surface area contributed by atoms with Crippen molar-refractivity contribution < 1.29 is 0 Å². The van der Waals surface area contributed by atoms with E-state index in [0.29, 0.717) is 5.54 Å². The van der Waals surface area contributed by atoms with Gasteiger partial charge in [-0.05, 0) is 58.0 Å². The molecule has 3 rings (SSSR count). The lowest BCUT2D eigenvalue weighted by atomic mass is 9.75. The maximum Gasteiger partial charge on any atom is 0.0419 e. The molecule has 2 aliphatic rings. The number of rotatable bonds is 5. The highest BCUT2D eigenvalue weighted by Crippen LogP contribution is 2.37. The van der Waals surface area contributed by atoms with E-state index in [4.69, 9.17) is 0 Å². The Labute approximate surface area is 135 Å². The van der Waals surface area contributed by atoms with Crippen molar-refractivity contribution in [2.45, 2.75) is 37.8 Å². The summed E-state index contributed by atoms with van der Waals surface area (Å²) in [5, 5.41) is 3.55. The van der Waals surface area contributed by atoms with Crippen molar-refractivity contribution in [3.05, 3.63) is 29.3 Å². The van der Waals surface area contributed by atoms with Crippen molar-refractivity contribution in [2.75, 3.05) is 39.5 Å². The molecule has 0 amide bonds. The summed E-state index contributed by atoms with van der Waals surface area (Å²) in [6.45, 7) is 3.31. The first kappa shape index (κ1) is 16.6. The Morgan fingerprint density at radius 1 is 1.19 bits per heavy atom. The van der Waals surface area contributed by atoms with Crippen LogP contribution >= 0.6 is 12.4 Å². The van der Waals surface area contributed by atoms with E-state index in [9.17, 15) is 0 Å². The number of nitrogens with zero attached hydrogens (tertiary/aromatic N) is 2. The third-order valence-electron chi connectivity index (χ3n) is 5.17. The Hall–Kier alpha value is -0.770. The van der Waals surface area contributed by atoms with Crippen LogP contribution in [0.25, 0.3) is 0 Å². The van der Waals surface area contributed by atoms with Crippen LogP contribution in [0.1, 0.15) is 30.4 Å². The minimum atomic E-state index is 0. The number of benzene rings is 1. The lowest BCUT2D eigenvalue weighted by Gasteiger charge is -2.49. The molecule has 0 spiro atoms. The molecule has 1 saturated carbocycles. The number of para-hydroxylation sites is 1. The molecule has 1 aromatic rings. The van der Waals surface area contributed by atoms with E-state index < -0.39 is 0 Å². The Kier molecular flexibility index (Phi) is 5.18. The SMILES string of the molecule is CN(Cc1cccc2c1NCC2)CC1(N(C)C)CCC1.Cl. The second kappa shape index (κ2) is 6.55. The first-order valence-electron chi connectivity index (χ1n) is 7.81. The van der Waals surface area contributed by atoms with Crippen LogP contribution < -0.4 is 5.32 Å². The number of hydrogen-bond acceptors (Lipinski definition) is 3. The Balaban J connectivity index is 0.00000161. The number of anilines is 1. The lowest BCUT2D eigenvalue weighted by molar-refractivity contribution is 0.0259. The standard InChI is InChI=1S/C17H27N3.ClH/c1-19(2)17(9-5-10-17)13-20(3)12-15-7-4-6-14-8-11-18-16(14)15;/h4,6-7,18H,5,8-13H2,1-3H3;1H. The highest BCUT2D eigenvalue weighted by Gasteiger charge is 2.39. The molecule has 118 valence electrons. The van der Waals surface area contributed by atoms with E-state index in [1.807, 2.05) is 0 Å². The second-order valence-corrected chi connectivity index (χ2v) is 6.77. The second-order valence-electron chi connectivity index (χ2n) is 6.77. The molecule has 0 bridgehead atoms. The summed E-state index contributed by atoms with van der Waals surface area (Å²) in [6.07, 6.45) is 5.24. The molecule has 0 radical (unpaired) electrons. The maximum absolute atomic E-state index is 3.55. The van der Waals surface area contributed by atoms with E-state index in [1.165, 1.54) is 49.0 Å². The molecular weight excluding hydrogens is 282 g/mol. The number of fused-ring (bicyclic) bond motifs is 1. The predicted octanol–water partition coefficient (Wildman–Crippen LogP) is 2.99. The fraction of sp³-hybridized carbons (Fsp3) is 0.647. The molecule has 3 nitrogen and oxygen atoms in total. The van der Waals surface area contributed by atoms with Gasteiger partial charge in [0.25, 0.3) is 0 Å². The van der Waals surface area contributed by atoms with Gasteiger partial charge in [0, 0.05) is 30.9 Å². The predicted molar refractivity (Wildman–Crippen MR) is 92.5 cm³/mol. The van der Waals surface area contributed by atoms with Crippen LogP contribution in [0.5, 0.6) is 0 Å². The quantitative estimate of drug-likeness (QED) is 0.902. The molecule has 4 heteroatoms. The summed E-state index contributed by atoms with van der Waals surface area (Å²) < 4.78 is 0. The first-order chi connectivity index (χ1) is 9.61. The van der Waals surface area contributed by atoms with E-state index >= 15 is 0 Å². The van der Waals surface area contributed by atoms with Crippen LogP contribution in [0.4, 0.5) is 5.69 Å². The Morgan fingerprint density at radius 2 is 1.95 bits per heavy atom. The molecule has 0 saturated heterocycles. The molecule has 0 aromatic heterocycles. The van der Waals surface area contributed by atoms with Crippen LogP contribution in [0.2, 0.25) is 0 Å². The molecule has 1 N–H and O–H groups in total. The summed E-state index contributed by atoms with van der Waals surface area (Å²) in [5.41, 5.74) is 4.75. The van der Waals surface area contributed by atoms with Gasteiger partial charge in [-0.15, -0.1) is 12.4 Å². The summed E-state index contributed by atoms with van der Waals surface area (Å²) in [7, 11) is 6.72. The number of halogens is 1. The Bertz CT molecular complexity index is 483. The van der Waals surface area contributed by atoms with Gasteiger partial charge >= 0.3 is 0 Å². The van der Waals surface area contributed by atoms with E-state index in [0.717, 1.165) is 13.1 Å². The fourth-order valence-corrected chi connectivity index (χ4v) is 3.72. The van der Waals surface area contributed by atoms with Crippen LogP contribution in [0.15, 0.2) is 18.2 Å². The molecule has 1 fully saturated rings. The van der Waals surface area contributed by atoms with Gasteiger partial charge in [0.05, 0.1) is 0 Å². The zero-order chi connectivity index (χ0) is 14.2. The first-order valence-corrected chi connectivity index (χ1v) is 7.81. The van der Waals surface area contributed by atoms with E-state index in [-0.39, 0.29) is 12.4 Å². The monoisotopic (exact) mass is 309 g/mol. The average molecular weight is 310 g/mol. The van der Waals surface area contributed by atoms with Crippen LogP contribution in [-0.4, -0.2) is 49.6 Å². The summed E-state index contributed by atoms with van der Waals surface area (Å²) >= 11 is 0. The number of likely N-dealkylation sites (N-methyl/N-ethyl adjacent to an activating group) is 2. The van der Waals surface area contributed by atoms with Gasteiger partial charge in [0.2, 0.25) is 0 Å². The minimum Gasteiger partial charge on any atom is -0.384 e. The topological polar surface area (TPSA) is 18.5 Å². The molecule has 0 unspecified atom stereocenters. The van der Waals surface area contributed by atoms with Crippen molar-refractivity contribution in [3.63, 3.8) is 0 Å². The van der Waals surface area contributed by atoms with Crippen molar-refractivity contribution in [2.24, 2.45) is 0 Å². The third kappa shape index (κ3) is 3.20. The van der Waals surface area contributed by atoms with E-state index in [2.05, 4.69) is 54.5 Å². The zero-order valence-corrected chi connectivity index (χ0v) is 14.3. The highest BCUT2D eigenvalue weighted by molar-refractivity contribution is 5.85. The molecule has 1 aliphatic carbocycles. The van der Waals surface area contributed by atoms with Crippen LogP contribution in [0, 0.1) is 0 Å². The highest BCUT2D eigenvalue weighted by atomic mass is 35.5. The molecule has 1 aromatic carbocycles. The molecular formula is C17H28ClN3. The number of hydrogen-bond donors (Lipinski definition) is 1. The Morgan fingerprint density at radius 3 is 2.57 bits per heavy atom. The largest absolute Gasteiger partial charge is 0.384 e. The van der Waals surface area contributed by atoms with Gasteiger partial charge in [-0.25, -0.2) is 0 Å². The fourth-order valence-electron chi connectivity index (χ4n) is 3.72. The molecule has 1 aliphatic heterocycles. The summed E-state index contributed by atoms with van der Waals surface area (Å²) in [6, 6.07) is 6.74. The van der Waals surface area contributed by atoms with Gasteiger partial charge in [-0.2, -0.15) is 0 Å². The van der Waals surface area contributed by atoms with Crippen LogP contribution in [0.3, 0.4) is 0 Å². The molecule has 1 heterocycles. The summed E-state index contributed by atoms with van der Waals surface area (Å²) in [4.78, 5) is 4.93. The van der Waals surface area contributed by atoms with Gasteiger partial charge in [0.15, 0.2) is 0 Å². The van der Waals surface area contributed by atoms with Crippen molar-refractivity contribution in [3.8, 4) is 0 Å². The normalized spacial score (nSPS) is 18.9. The van der Waals surface area contributed by atoms with E-state index in [1.54, 1.807) is 0 Å². The number of nitrogens with one attached hydrogen (secondary N) is 1. The summed E-state index contributed by atoms with van der Waals surface area (Å²) in [5.74, 6) is 0. The van der Waals surface area contributed by atoms with Crippen molar-refractivity contribution >= 4 is 18.1 Å². The van der Waals surface area contributed by atoms with Crippen molar-refractivity contribution in [1.82, 2.24) is 9.80 Å². The van der Waals surface area contributed by atoms with Gasteiger partial charge < -0.3 is 15.1 Å². The van der Waals surface area contributed by atoms with Gasteiger partial charge in [-0.3, -0.25) is 0 Å². The van der Waals surface area contributed by atoms with Crippen molar-refractivity contribution in [1.29, 1.82) is 0 Å². The third-order valence-corrected chi connectivity index (χ3v) is 5.17. The van der Waals surface area contributed by atoms with Gasteiger partial charge in [0.1, 0.15) is 0 Å².